The number of para-hydroxylation sites is 1. The SMILES string of the molecule is O=C(c1c(F)cc(Br)cc1Oc1ccccc1)N1CCCCC1. The van der Waals surface area contributed by atoms with Gasteiger partial charge in [0.1, 0.15) is 22.9 Å². The lowest BCUT2D eigenvalue weighted by atomic mass is 10.1. The van der Waals surface area contributed by atoms with Gasteiger partial charge in [-0.3, -0.25) is 4.79 Å². The van der Waals surface area contributed by atoms with E-state index in [9.17, 15) is 9.18 Å². The van der Waals surface area contributed by atoms with E-state index in [4.69, 9.17) is 4.74 Å². The van der Waals surface area contributed by atoms with Gasteiger partial charge in [0.25, 0.3) is 5.91 Å². The second-order valence-corrected chi connectivity index (χ2v) is 6.44. The normalized spacial score (nSPS) is 14.6. The fraction of sp³-hybridized carbons (Fsp3) is 0.278. The average molecular weight is 378 g/mol. The van der Waals surface area contributed by atoms with Crippen molar-refractivity contribution < 1.29 is 13.9 Å². The number of carbonyl (C=O) groups excluding carboxylic acids is 1. The van der Waals surface area contributed by atoms with Crippen molar-refractivity contribution in [2.75, 3.05) is 13.1 Å². The third-order valence-corrected chi connectivity index (χ3v) is 4.30. The molecular formula is C18H17BrFNO2. The first kappa shape index (κ1) is 16.0. The van der Waals surface area contributed by atoms with E-state index in [1.54, 1.807) is 23.1 Å². The minimum atomic E-state index is -0.569. The number of benzene rings is 2. The maximum absolute atomic E-state index is 14.5. The summed E-state index contributed by atoms with van der Waals surface area (Å²) in [5.74, 6) is -0.0714. The molecule has 0 atom stereocenters. The fourth-order valence-corrected chi connectivity index (χ4v) is 3.12. The van der Waals surface area contributed by atoms with E-state index in [2.05, 4.69) is 15.9 Å². The van der Waals surface area contributed by atoms with E-state index in [-0.39, 0.29) is 17.2 Å². The number of rotatable bonds is 3. The summed E-state index contributed by atoms with van der Waals surface area (Å²) in [7, 11) is 0. The summed E-state index contributed by atoms with van der Waals surface area (Å²) < 4.78 is 20.8. The highest BCUT2D eigenvalue weighted by atomic mass is 79.9. The van der Waals surface area contributed by atoms with Crippen LogP contribution in [0.2, 0.25) is 0 Å². The zero-order valence-electron chi connectivity index (χ0n) is 12.6. The Bertz CT molecular complexity index is 700. The van der Waals surface area contributed by atoms with Gasteiger partial charge in [-0.25, -0.2) is 4.39 Å². The molecule has 0 radical (unpaired) electrons. The Labute approximate surface area is 143 Å². The summed E-state index contributed by atoms with van der Waals surface area (Å²) in [6.45, 7) is 1.33. The summed E-state index contributed by atoms with van der Waals surface area (Å²) in [5, 5.41) is 0. The van der Waals surface area contributed by atoms with Gasteiger partial charge in [0.15, 0.2) is 0 Å². The Morgan fingerprint density at radius 1 is 1.09 bits per heavy atom. The van der Waals surface area contributed by atoms with Crippen LogP contribution >= 0.6 is 15.9 Å². The molecule has 1 heterocycles. The lowest BCUT2D eigenvalue weighted by Crippen LogP contribution is -2.36. The molecule has 0 N–H and O–H groups in total. The number of ether oxygens (including phenoxy) is 1. The Kier molecular flexibility index (Phi) is 4.96. The van der Waals surface area contributed by atoms with Crippen LogP contribution in [0.15, 0.2) is 46.9 Å². The quantitative estimate of drug-likeness (QED) is 0.752. The smallest absolute Gasteiger partial charge is 0.260 e. The van der Waals surface area contributed by atoms with E-state index in [0.717, 1.165) is 19.3 Å². The zero-order chi connectivity index (χ0) is 16.2. The van der Waals surface area contributed by atoms with Crippen LogP contribution in [0.4, 0.5) is 4.39 Å². The molecule has 1 aliphatic heterocycles. The van der Waals surface area contributed by atoms with E-state index in [0.29, 0.717) is 23.3 Å². The molecule has 1 aliphatic rings. The number of likely N-dealkylation sites (tertiary alicyclic amines) is 1. The third kappa shape index (κ3) is 3.72. The van der Waals surface area contributed by atoms with E-state index < -0.39 is 5.82 Å². The molecule has 0 unspecified atom stereocenters. The molecule has 1 saturated heterocycles. The Hall–Kier alpha value is -1.88. The maximum Gasteiger partial charge on any atom is 0.260 e. The fourth-order valence-electron chi connectivity index (χ4n) is 2.71. The Morgan fingerprint density at radius 2 is 1.78 bits per heavy atom. The van der Waals surface area contributed by atoms with Crippen LogP contribution in [-0.2, 0) is 0 Å². The second-order valence-electron chi connectivity index (χ2n) is 5.53. The minimum Gasteiger partial charge on any atom is -0.456 e. The topological polar surface area (TPSA) is 29.5 Å². The number of hydrogen-bond acceptors (Lipinski definition) is 2. The van der Waals surface area contributed by atoms with Gasteiger partial charge >= 0.3 is 0 Å². The summed E-state index contributed by atoms with van der Waals surface area (Å²) in [4.78, 5) is 14.4. The van der Waals surface area contributed by atoms with Gasteiger partial charge in [0, 0.05) is 17.6 Å². The van der Waals surface area contributed by atoms with Gasteiger partial charge in [-0.05, 0) is 43.5 Å². The molecule has 23 heavy (non-hydrogen) atoms. The van der Waals surface area contributed by atoms with Gasteiger partial charge in [0.2, 0.25) is 0 Å². The molecule has 3 nitrogen and oxygen atoms in total. The van der Waals surface area contributed by atoms with Gasteiger partial charge in [0.05, 0.1) is 0 Å². The molecule has 2 aromatic carbocycles. The summed E-state index contributed by atoms with van der Waals surface area (Å²) in [5.41, 5.74) is -0.000969. The van der Waals surface area contributed by atoms with Crippen molar-refractivity contribution >= 4 is 21.8 Å². The van der Waals surface area contributed by atoms with E-state index >= 15 is 0 Å². The van der Waals surface area contributed by atoms with Crippen molar-refractivity contribution in [2.45, 2.75) is 19.3 Å². The van der Waals surface area contributed by atoms with Crippen LogP contribution in [0.25, 0.3) is 0 Å². The first-order valence-electron chi connectivity index (χ1n) is 7.66. The van der Waals surface area contributed by atoms with Crippen LogP contribution < -0.4 is 4.74 Å². The van der Waals surface area contributed by atoms with Gasteiger partial charge in [-0.2, -0.15) is 0 Å². The number of amides is 1. The highest BCUT2D eigenvalue weighted by Crippen LogP contribution is 2.32. The monoisotopic (exact) mass is 377 g/mol. The number of nitrogens with zero attached hydrogens (tertiary/aromatic N) is 1. The third-order valence-electron chi connectivity index (χ3n) is 3.85. The van der Waals surface area contributed by atoms with E-state index in [1.807, 2.05) is 18.2 Å². The standard InChI is InChI=1S/C18H17BrFNO2/c19-13-11-15(20)17(18(22)21-9-5-2-6-10-21)16(12-13)23-14-7-3-1-4-8-14/h1,3-4,7-8,11-12H,2,5-6,9-10H2. The van der Waals surface area contributed by atoms with Crippen LogP contribution in [0.3, 0.4) is 0 Å². The lowest BCUT2D eigenvalue weighted by Gasteiger charge is -2.27. The van der Waals surface area contributed by atoms with E-state index in [1.165, 1.54) is 6.07 Å². The molecular weight excluding hydrogens is 361 g/mol. The first-order valence-corrected chi connectivity index (χ1v) is 8.45. The molecule has 1 fully saturated rings. The van der Waals surface area contributed by atoms with Crippen molar-refractivity contribution in [1.82, 2.24) is 4.90 Å². The lowest BCUT2D eigenvalue weighted by molar-refractivity contribution is 0.0716. The van der Waals surface area contributed by atoms with Gasteiger partial charge in [-0.1, -0.05) is 34.1 Å². The molecule has 0 spiro atoms. The van der Waals surface area contributed by atoms with Gasteiger partial charge in [-0.15, -0.1) is 0 Å². The minimum absolute atomic E-state index is 0.000969. The molecule has 2 aromatic rings. The number of piperidine rings is 1. The summed E-state index contributed by atoms with van der Waals surface area (Å²) in [6.07, 6.45) is 3.03. The van der Waals surface area contributed by atoms with Crippen molar-refractivity contribution in [3.8, 4) is 11.5 Å². The maximum atomic E-state index is 14.5. The van der Waals surface area contributed by atoms with Crippen molar-refractivity contribution in [2.24, 2.45) is 0 Å². The highest BCUT2D eigenvalue weighted by molar-refractivity contribution is 9.10. The van der Waals surface area contributed by atoms with Crippen LogP contribution in [0, 0.1) is 5.82 Å². The number of hydrogen-bond donors (Lipinski definition) is 0. The molecule has 120 valence electrons. The first-order chi connectivity index (χ1) is 11.1. The summed E-state index contributed by atoms with van der Waals surface area (Å²) in [6, 6.07) is 12.0. The molecule has 3 rings (SSSR count). The number of halogens is 2. The predicted octanol–water partition coefficient (Wildman–Crippen LogP) is 5.01. The molecule has 0 aromatic heterocycles. The molecule has 1 amide bonds. The van der Waals surface area contributed by atoms with Crippen LogP contribution in [-0.4, -0.2) is 23.9 Å². The molecule has 0 bridgehead atoms. The zero-order valence-corrected chi connectivity index (χ0v) is 14.2. The molecule has 0 aliphatic carbocycles. The average Bonchev–Trinajstić information content (AvgIpc) is 2.56. The van der Waals surface area contributed by atoms with Crippen molar-refractivity contribution in [3.63, 3.8) is 0 Å². The molecule has 5 heteroatoms. The Balaban J connectivity index is 1.96. The highest BCUT2D eigenvalue weighted by Gasteiger charge is 2.25. The van der Waals surface area contributed by atoms with Crippen LogP contribution in [0.1, 0.15) is 29.6 Å². The predicted molar refractivity (Wildman–Crippen MR) is 90.4 cm³/mol. The summed E-state index contributed by atoms with van der Waals surface area (Å²) >= 11 is 3.26. The number of carbonyl (C=O) groups is 1. The van der Waals surface area contributed by atoms with Crippen LogP contribution in [0.5, 0.6) is 11.5 Å². The second kappa shape index (κ2) is 7.13. The Morgan fingerprint density at radius 3 is 2.48 bits per heavy atom. The molecule has 0 saturated carbocycles. The largest absolute Gasteiger partial charge is 0.456 e. The van der Waals surface area contributed by atoms with Crippen molar-refractivity contribution in [1.29, 1.82) is 0 Å². The van der Waals surface area contributed by atoms with Crippen molar-refractivity contribution in [3.05, 3.63) is 58.3 Å². The van der Waals surface area contributed by atoms with Gasteiger partial charge < -0.3 is 9.64 Å².